The van der Waals surface area contributed by atoms with Gasteiger partial charge in [0.15, 0.2) is 0 Å². The fourth-order valence-electron chi connectivity index (χ4n) is 0.986. The largest absolute Gasteiger partial charge is 0.478 e. The van der Waals surface area contributed by atoms with Gasteiger partial charge in [0, 0.05) is 11.6 Å². The lowest BCUT2D eigenvalue weighted by Gasteiger charge is -2.07. The molecule has 0 saturated heterocycles. The summed E-state index contributed by atoms with van der Waals surface area (Å²) in [4.78, 5) is 10.2. The minimum atomic E-state index is -3.44. The Kier molecular flexibility index (Phi) is 3.42. The number of carbonyl (C=O) groups is 1. The Bertz CT molecular complexity index is 397. The van der Waals surface area contributed by atoms with Crippen molar-refractivity contribution in [3.63, 3.8) is 0 Å². The molecule has 1 rings (SSSR count). The number of benzene rings is 1. The minimum Gasteiger partial charge on any atom is -0.478 e. The zero-order valence-electron chi connectivity index (χ0n) is 7.45. The third kappa shape index (κ3) is 3.67. The third-order valence-electron chi connectivity index (χ3n) is 1.63. The average Bonchev–Trinajstić information content (AvgIpc) is 2.14. The van der Waals surface area contributed by atoms with Crippen LogP contribution >= 0.6 is 11.6 Å². The van der Waals surface area contributed by atoms with E-state index in [2.05, 4.69) is 0 Å². The van der Waals surface area contributed by atoms with Crippen molar-refractivity contribution in [1.82, 2.24) is 0 Å². The van der Waals surface area contributed by atoms with Crippen LogP contribution in [0, 0.1) is 0 Å². The SMILES string of the molecule is O=C(O)C=Cc1cccc(C(F)(F)Cl)c1. The van der Waals surface area contributed by atoms with E-state index in [-0.39, 0.29) is 5.56 Å². The van der Waals surface area contributed by atoms with Crippen molar-refractivity contribution >= 4 is 23.6 Å². The van der Waals surface area contributed by atoms with Crippen LogP contribution in [0.4, 0.5) is 8.78 Å². The van der Waals surface area contributed by atoms with Gasteiger partial charge in [0.1, 0.15) is 0 Å². The highest BCUT2D eigenvalue weighted by atomic mass is 35.5. The second-order valence-corrected chi connectivity index (χ2v) is 3.27. The molecule has 2 nitrogen and oxygen atoms in total. The molecule has 80 valence electrons. The van der Waals surface area contributed by atoms with E-state index < -0.39 is 11.4 Å². The Labute approximate surface area is 89.8 Å². The van der Waals surface area contributed by atoms with E-state index in [9.17, 15) is 13.6 Å². The molecule has 0 amide bonds. The van der Waals surface area contributed by atoms with Crippen molar-refractivity contribution in [3.8, 4) is 0 Å². The Balaban J connectivity index is 2.98. The van der Waals surface area contributed by atoms with Gasteiger partial charge in [-0.1, -0.05) is 18.2 Å². The maximum absolute atomic E-state index is 12.7. The van der Waals surface area contributed by atoms with E-state index in [0.717, 1.165) is 12.1 Å². The van der Waals surface area contributed by atoms with Crippen LogP contribution in [-0.2, 0) is 10.2 Å². The quantitative estimate of drug-likeness (QED) is 0.642. The number of hydrogen-bond donors (Lipinski definition) is 1. The van der Waals surface area contributed by atoms with E-state index in [1.54, 1.807) is 0 Å². The first-order chi connectivity index (χ1) is 6.89. The average molecular weight is 233 g/mol. The van der Waals surface area contributed by atoms with Crippen LogP contribution in [0.3, 0.4) is 0 Å². The Morgan fingerprint density at radius 2 is 2.13 bits per heavy atom. The van der Waals surface area contributed by atoms with Gasteiger partial charge in [0.05, 0.1) is 0 Å². The number of carboxylic acids is 1. The number of aliphatic carboxylic acids is 1. The Morgan fingerprint density at radius 3 is 2.67 bits per heavy atom. The van der Waals surface area contributed by atoms with Gasteiger partial charge in [-0.25, -0.2) is 4.79 Å². The number of rotatable bonds is 3. The number of carboxylic acid groups (broad SMARTS) is 1. The molecule has 0 aliphatic carbocycles. The molecule has 0 fully saturated rings. The normalized spacial score (nSPS) is 11.9. The molecule has 1 N–H and O–H groups in total. The highest BCUT2D eigenvalue weighted by molar-refractivity contribution is 6.21. The molecule has 0 aromatic heterocycles. The predicted molar refractivity (Wildman–Crippen MR) is 52.9 cm³/mol. The lowest BCUT2D eigenvalue weighted by Crippen LogP contribution is -2.02. The van der Waals surface area contributed by atoms with E-state index in [1.807, 2.05) is 0 Å². The molecule has 0 spiro atoms. The summed E-state index contributed by atoms with van der Waals surface area (Å²) in [5.74, 6) is -1.14. The lowest BCUT2D eigenvalue weighted by molar-refractivity contribution is -0.131. The van der Waals surface area contributed by atoms with Gasteiger partial charge < -0.3 is 5.11 Å². The molecule has 5 heteroatoms. The Hall–Kier alpha value is -1.42. The minimum absolute atomic E-state index is 0.357. The molecule has 0 unspecified atom stereocenters. The number of halogens is 3. The van der Waals surface area contributed by atoms with Gasteiger partial charge in [-0.15, -0.1) is 0 Å². The number of hydrogen-bond acceptors (Lipinski definition) is 1. The Morgan fingerprint density at radius 1 is 1.47 bits per heavy atom. The van der Waals surface area contributed by atoms with Crippen LogP contribution < -0.4 is 0 Å². The summed E-state index contributed by atoms with van der Waals surface area (Å²) in [6.45, 7) is 0. The molecular weight excluding hydrogens is 226 g/mol. The van der Waals surface area contributed by atoms with Crippen LogP contribution in [0.5, 0.6) is 0 Å². The number of alkyl halides is 3. The highest BCUT2D eigenvalue weighted by Gasteiger charge is 2.27. The zero-order chi connectivity index (χ0) is 11.5. The standard InChI is InChI=1S/C10H7ClF2O2/c11-10(12,13)8-3-1-2-7(6-8)4-5-9(14)15/h1-6H,(H,14,15). The monoisotopic (exact) mass is 232 g/mol. The molecule has 1 aromatic rings. The molecule has 0 heterocycles. The van der Waals surface area contributed by atoms with Crippen molar-refractivity contribution in [1.29, 1.82) is 0 Å². The first-order valence-electron chi connectivity index (χ1n) is 3.98. The second kappa shape index (κ2) is 4.40. The molecule has 0 aliphatic heterocycles. The van der Waals surface area contributed by atoms with Gasteiger partial charge in [0.2, 0.25) is 0 Å². The topological polar surface area (TPSA) is 37.3 Å². The summed E-state index contributed by atoms with van der Waals surface area (Å²) in [7, 11) is 0. The van der Waals surface area contributed by atoms with Gasteiger partial charge in [-0.05, 0) is 29.3 Å². The summed E-state index contributed by atoms with van der Waals surface area (Å²) >= 11 is 4.82. The maximum Gasteiger partial charge on any atom is 0.348 e. The van der Waals surface area contributed by atoms with Crippen LogP contribution in [0.25, 0.3) is 6.08 Å². The van der Waals surface area contributed by atoms with Crippen molar-refractivity contribution < 1.29 is 18.7 Å². The highest BCUT2D eigenvalue weighted by Crippen LogP contribution is 2.32. The molecule has 15 heavy (non-hydrogen) atoms. The summed E-state index contributed by atoms with van der Waals surface area (Å²) in [6.07, 6.45) is 2.08. The van der Waals surface area contributed by atoms with Gasteiger partial charge >= 0.3 is 11.4 Å². The van der Waals surface area contributed by atoms with Crippen molar-refractivity contribution in [2.45, 2.75) is 5.38 Å². The van der Waals surface area contributed by atoms with E-state index >= 15 is 0 Å². The van der Waals surface area contributed by atoms with E-state index in [1.165, 1.54) is 24.3 Å². The second-order valence-electron chi connectivity index (χ2n) is 2.79. The fraction of sp³-hybridized carbons (Fsp3) is 0.100. The van der Waals surface area contributed by atoms with Crippen molar-refractivity contribution in [2.24, 2.45) is 0 Å². The summed E-state index contributed by atoms with van der Waals surface area (Å²) in [5.41, 5.74) is -0.00747. The molecule has 0 radical (unpaired) electrons. The van der Waals surface area contributed by atoms with Crippen LogP contribution in [0.2, 0.25) is 0 Å². The molecule has 0 bridgehead atoms. The third-order valence-corrected chi connectivity index (χ3v) is 1.85. The van der Waals surface area contributed by atoms with E-state index in [0.29, 0.717) is 5.56 Å². The van der Waals surface area contributed by atoms with Gasteiger partial charge in [-0.3, -0.25) is 0 Å². The zero-order valence-corrected chi connectivity index (χ0v) is 8.21. The van der Waals surface area contributed by atoms with Gasteiger partial charge in [-0.2, -0.15) is 8.78 Å². The molecule has 0 atom stereocenters. The lowest BCUT2D eigenvalue weighted by atomic mass is 10.1. The summed E-state index contributed by atoms with van der Waals surface area (Å²) in [5, 5.41) is 4.91. The van der Waals surface area contributed by atoms with Crippen molar-refractivity contribution in [2.75, 3.05) is 0 Å². The molecule has 1 aromatic carbocycles. The molecular formula is C10H7ClF2O2. The van der Waals surface area contributed by atoms with Gasteiger partial charge in [0.25, 0.3) is 0 Å². The smallest absolute Gasteiger partial charge is 0.348 e. The predicted octanol–water partition coefficient (Wildman–Crippen LogP) is 3.07. The van der Waals surface area contributed by atoms with Crippen LogP contribution in [0.15, 0.2) is 30.3 Å². The van der Waals surface area contributed by atoms with Crippen LogP contribution in [0.1, 0.15) is 11.1 Å². The van der Waals surface area contributed by atoms with E-state index in [4.69, 9.17) is 16.7 Å². The summed E-state index contributed by atoms with van der Waals surface area (Å²) < 4.78 is 25.3. The molecule has 0 saturated carbocycles. The first-order valence-corrected chi connectivity index (χ1v) is 4.35. The van der Waals surface area contributed by atoms with Crippen molar-refractivity contribution in [3.05, 3.63) is 41.5 Å². The first kappa shape index (κ1) is 11.7. The summed E-state index contributed by atoms with van der Waals surface area (Å²) in [6, 6.07) is 5.19. The molecule has 0 aliphatic rings. The van der Waals surface area contributed by atoms with Crippen LogP contribution in [-0.4, -0.2) is 11.1 Å². The maximum atomic E-state index is 12.7. The fourth-order valence-corrected chi connectivity index (χ4v) is 1.10.